The highest BCUT2D eigenvalue weighted by molar-refractivity contribution is 9.10. The van der Waals surface area contributed by atoms with Crippen LogP contribution in [0.4, 0.5) is 0 Å². The van der Waals surface area contributed by atoms with Gasteiger partial charge >= 0.3 is 0 Å². The van der Waals surface area contributed by atoms with Crippen molar-refractivity contribution in [1.29, 1.82) is 0 Å². The third-order valence-corrected chi connectivity index (χ3v) is 4.29. The van der Waals surface area contributed by atoms with Crippen LogP contribution >= 0.6 is 15.9 Å². The lowest BCUT2D eigenvalue weighted by molar-refractivity contribution is 0.355. The molecule has 0 saturated carbocycles. The molecule has 0 fully saturated rings. The van der Waals surface area contributed by atoms with Crippen molar-refractivity contribution in [2.45, 2.75) is 6.54 Å². The van der Waals surface area contributed by atoms with Crippen LogP contribution in [0.2, 0.25) is 0 Å². The summed E-state index contributed by atoms with van der Waals surface area (Å²) in [7, 11) is 5.18. The summed E-state index contributed by atoms with van der Waals surface area (Å²) in [4.78, 5) is 4.63. The van der Waals surface area contributed by atoms with Crippen LogP contribution in [0.25, 0.3) is 16.8 Å². The molecule has 2 aromatic heterocycles. The zero-order chi connectivity index (χ0) is 14.4. The Labute approximate surface area is 124 Å². The van der Waals surface area contributed by atoms with Gasteiger partial charge in [0.2, 0.25) is 5.78 Å². The zero-order valence-electron chi connectivity index (χ0n) is 11.5. The summed E-state index contributed by atoms with van der Waals surface area (Å²) in [5, 5.41) is 0. The Morgan fingerprint density at radius 3 is 2.50 bits per heavy atom. The molecule has 0 unspecified atom stereocenters. The van der Waals surface area contributed by atoms with Gasteiger partial charge in [0.1, 0.15) is 4.60 Å². The van der Waals surface area contributed by atoms with E-state index in [9.17, 15) is 0 Å². The van der Waals surface area contributed by atoms with E-state index in [1.54, 1.807) is 14.2 Å². The second kappa shape index (κ2) is 4.68. The second-order valence-electron chi connectivity index (χ2n) is 4.44. The van der Waals surface area contributed by atoms with Gasteiger partial charge in [-0.15, -0.1) is 0 Å². The van der Waals surface area contributed by atoms with Crippen molar-refractivity contribution in [3.63, 3.8) is 0 Å². The number of hydrogen-bond donors (Lipinski definition) is 1. The van der Waals surface area contributed by atoms with Gasteiger partial charge in [0, 0.05) is 25.7 Å². The lowest BCUT2D eigenvalue weighted by atomic mass is 10.2. The average molecular weight is 339 g/mol. The highest BCUT2D eigenvalue weighted by Gasteiger charge is 2.18. The molecule has 0 aliphatic heterocycles. The Kier molecular flexibility index (Phi) is 3.10. The number of methoxy groups -OCH3 is 2. The van der Waals surface area contributed by atoms with E-state index in [2.05, 4.69) is 20.9 Å². The number of fused-ring (bicyclic) bond motifs is 3. The smallest absolute Gasteiger partial charge is 0.215 e. The van der Waals surface area contributed by atoms with Crippen LogP contribution in [-0.4, -0.2) is 28.2 Å². The fraction of sp³-hybridized carbons (Fsp3) is 0.308. The monoisotopic (exact) mass is 338 g/mol. The first kappa shape index (κ1) is 13.3. The molecule has 3 aromatic rings. The summed E-state index contributed by atoms with van der Waals surface area (Å²) in [6.45, 7) is 0.440. The first-order chi connectivity index (χ1) is 9.62. The molecule has 1 aromatic carbocycles. The fourth-order valence-electron chi connectivity index (χ4n) is 2.42. The molecule has 3 rings (SSSR count). The van der Waals surface area contributed by atoms with E-state index in [0.29, 0.717) is 18.0 Å². The van der Waals surface area contributed by atoms with Crippen molar-refractivity contribution < 1.29 is 9.47 Å². The summed E-state index contributed by atoms with van der Waals surface area (Å²) in [5.41, 5.74) is 8.56. The Morgan fingerprint density at radius 2 is 1.90 bits per heavy atom. The number of aryl methyl sites for hydroxylation is 1. The van der Waals surface area contributed by atoms with Crippen molar-refractivity contribution in [3.8, 4) is 11.5 Å². The van der Waals surface area contributed by atoms with Crippen LogP contribution in [0.1, 0.15) is 5.69 Å². The molecule has 0 atom stereocenters. The largest absolute Gasteiger partial charge is 0.493 e. The van der Waals surface area contributed by atoms with E-state index < -0.39 is 0 Å². The Hall–Kier alpha value is -1.73. The predicted octanol–water partition coefficient (Wildman–Crippen LogP) is 2.06. The summed E-state index contributed by atoms with van der Waals surface area (Å²) in [5.74, 6) is 2.16. The lowest BCUT2D eigenvalue weighted by Gasteiger charge is -2.07. The fourth-order valence-corrected chi connectivity index (χ4v) is 3.20. The Balaban J connectivity index is 2.43. The first-order valence-corrected chi connectivity index (χ1v) is 6.89. The topological polar surface area (TPSA) is 66.7 Å². The molecule has 0 radical (unpaired) electrons. The zero-order valence-corrected chi connectivity index (χ0v) is 13.1. The predicted molar refractivity (Wildman–Crippen MR) is 80.4 cm³/mol. The summed E-state index contributed by atoms with van der Waals surface area (Å²) < 4.78 is 15.6. The molecule has 0 aliphatic rings. The van der Waals surface area contributed by atoms with Gasteiger partial charge in [0.25, 0.3) is 0 Å². The number of hydrogen-bond acceptors (Lipinski definition) is 4. The number of nitrogens with two attached hydrogens (primary N) is 1. The van der Waals surface area contributed by atoms with Crippen LogP contribution in [0.5, 0.6) is 11.5 Å². The van der Waals surface area contributed by atoms with Crippen molar-refractivity contribution >= 4 is 32.7 Å². The van der Waals surface area contributed by atoms with E-state index in [1.807, 2.05) is 28.1 Å². The molecule has 106 valence electrons. The standard InChI is InChI=1S/C13H15BrN4O2/c1-17-9(6-15)12(14)18-8-5-11(20-3)10(19-2)4-7(8)16-13(17)18/h4-5H,6,15H2,1-3H3. The normalized spacial score (nSPS) is 11.4. The number of ether oxygens (including phenoxy) is 2. The Bertz CT molecular complexity index is 806. The summed E-state index contributed by atoms with van der Waals surface area (Å²) >= 11 is 3.60. The molecule has 0 bridgehead atoms. The summed E-state index contributed by atoms with van der Waals surface area (Å²) in [6, 6.07) is 3.79. The molecule has 20 heavy (non-hydrogen) atoms. The lowest BCUT2D eigenvalue weighted by Crippen LogP contribution is -2.04. The molecular weight excluding hydrogens is 324 g/mol. The number of nitrogens with zero attached hydrogens (tertiary/aromatic N) is 3. The van der Waals surface area contributed by atoms with E-state index >= 15 is 0 Å². The van der Waals surface area contributed by atoms with Gasteiger partial charge in [-0.05, 0) is 15.9 Å². The third-order valence-electron chi connectivity index (χ3n) is 3.47. The molecular formula is C13H15BrN4O2. The van der Waals surface area contributed by atoms with E-state index in [4.69, 9.17) is 15.2 Å². The molecule has 0 aliphatic carbocycles. The Morgan fingerprint density at radius 1 is 1.25 bits per heavy atom. The highest BCUT2D eigenvalue weighted by atomic mass is 79.9. The minimum Gasteiger partial charge on any atom is -0.493 e. The van der Waals surface area contributed by atoms with Crippen molar-refractivity contribution in [2.24, 2.45) is 12.8 Å². The number of imidazole rings is 2. The SMILES string of the molecule is COc1cc2nc3n(C)c(CN)c(Br)n3c2cc1OC. The maximum atomic E-state index is 5.78. The highest BCUT2D eigenvalue weighted by Crippen LogP contribution is 2.34. The molecule has 0 saturated heterocycles. The third kappa shape index (κ3) is 1.63. The maximum absolute atomic E-state index is 5.78. The molecule has 0 amide bonds. The quantitative estimate of drug-likeness (QED) is 0.793. The number of halogens is 1. The minimum absolute atomic E-state index is 0.440. The van der Waals surface area contributed by atoms with Gasteiger partial charge in [0.05, 0.1) is 30.9 Å². The van der Waals surface area contributed by atoms with Gasteiger partial charge in [0.15, 0.2) is 11.5 Å². The van der Waals surface area contributed by atoms with Crippen LogP contribution in [-0.2, 0) is 13.6 Å². The van der Waals surface area contributed by atoms with Gasteiger partial charge < -0.3 is 19.8 Å². The van der Waals surface area contributed by atoms with Gasteiger partial charge in [-0.1, -0.05) is 0 Å². The van der Waals surface area contributed by atoms with E-state index in [1.165, 1.54) is 0 Å². The molecule has 6 nitrogen and oxygen atoms in total. The number of aromatic nitrogens is 3. The van der Waals surface area contributed by atoms with Gasteiger partial charge in [-0.2, -0.15) is 0 Å². The van der Waals surface area contributed by atoms with E-state index in [-0.39, 0.29) is 0 Å². The molecule has 2 heterocycles. The van der Waals surface area contributed by atoms with Gasteiger partial charge in [-0.3, -0.25) is 4.40 Å². The number of rotatable bonds is 3. The first-order valence-electron chi connectivity index (χ1n) is 6.09. The summed E-state index contributed by atoms with van der Waals surface area (Å²) in [6.07, 6.45) is 0. The van der Waals surface area contributed by atoms with Gasteiger partial charge in [-0.25, -0.2) is 4.98 Å². The molecule has 0 spiro atoms. The van der Waals surface area contributed by atoms with Crippen LogP contribution in [0.3, 0.4) is 0 Å². The van der Waals surface area contributed by atoms with Crippen LogP contribution < -0.4 is 15.2 Å². The van der Waals surface area contributed by atoms with Crippen molar-refractivity contribution in [1.82, 2.24) is 14.0 Å². The molecule has 2 N–H and O–H groups in total. The van der Waals surface area contributed by atoms with E-state index in [0.717, 1.165) is 27.1 Å². The maximum Gasteiger partial charge on any atom is 0.215 e. The minimum atomic E-state index is 0.440. The van der Waals surface area contributed by atoms with Crippen molar-refractivity contribution in [3.05, 3.63) is 22.4 Å². The van der Waals surface area contributed by atoms with Crippen LogP contribution in [0.15, 0.2) is 16.7 Å². The second-order valence-corrected chi connectivity index (χ2v) is 5.19. The molecule has 7 heteroatoms. The average Bonchev–Trinajstić information content (AvgIpc) is 2.93. The van der Waals surface area contributed by atoms with Crippen LogP contribution in [0, 0.1) is 0 Å². The van der Waals surface area contributed by atoms with Crippen molar-refractivity contribution in [2.75, 3.05) is 14.2 Å². The number of benzene rings is 1.